The smallest absolute Gasteiger partial charge is 0.110 e. The van der Waals surface area contributed by atoms with E-state index >= 15 is 0 Å². The molecule has 0 saturated heterocycles. The Kier molecular flexibility index (Phi) is 5.14. The van der Waals surface area contributed by atoms with Crippen molar-refractivity contribution in [2.45, 2.75) is 37.6 Å². The zero-order valence-corrected chi connectivity index (χ0v) is 12.8. The number of rotatable bonds is 7. The summed E-state index contributed by atoms with van der Waals surface area (Å²) < 4.78 is 0. The summed E-state index contributed by atoms with van der Waals surface area (Å²) in [6.07, 6.45) is 8.42. The quantitative estimate of drug-likeness (QED) is 0.662. The molecule has 0 fully saturated rings. The van der Waals surface area contributed by atoms with Crippen molar-refractivity contribution < 1.29 is 0 Å². The van der Waals surface area contributed by atoms with E-state index in [0.717, 1.165) is 12.8 Å². The van der Waals surface area contributed by atoms with E-state index in [-0.39, 0.29) is 6.04 Å². The standard InChI is InChI=1S/C20H22N2/c1-3-9-17(10-4-1)11-7-8-14-19(20-15-21-16-22-20)18-12-5-2-6-13-18/h1-6,9-10,12-13,15-16,19-20H,7-8,11,14H2. The van der Waals surface area contributed by atoms with Crippen molar-refractivity contribution in [1.82, 2.24) is 0 Å². The summed E-state index contributed by atoms with van der Waals surface area (Å²) in [7, 11) is 0. The summed E-state index contributed by atoms with van der Waals surface area (Å²) in [5.41, 5.74) is 2.80. The number of nitrogens with zero attached hydrogens (tertiary/aromatic N) is 2. The van der Waals surface area contributed by atoms with Crippen LogP contribution in [-0.2, 0) is 6.42 Å². The van der Waals surface area contributed by atoms with Crippen LogP contribution in [-0.4, -0.2) is 18.6 Å². The van der Waals surface area contributed by atoms with Gasteiger partial charge in [-0.1, -0.05) is 67.1 Å². The van der Waals surface area contributed by atoms with Gasteiger partial charge in [0.1, 0.15) is 6.34 Å². The first kappa shape index (κ1) is 14.7. The molecular weight excluding hydrogens is 268 g/mol. The molecule has 0 N–H and O–H groups in total. The second-order valence-electron chi connectivity index (χ2n) is 5.80. The van der Waals surface area contributed by atoms with Gasteiger partial charge in [-0.15, -0.1) is 0 Å². The topological polar surface area (TPSA) is 24.7 Å². The van der Waals surface area contributed by atoms with Gasteiger partial charge >= 0.3 is 0 Å². The fourth-order valence-corrected chi connectivity index (χ4v) is 3.06. The van der Waals surface area contributed by atoms with E-state index in [1.807, 2.05) is 6.21 Å². The molecule has 112 valence electrons. The average molecular weight is 290 g/mol. The van der Waals surface area contributed by atoms with Gasteiger partial charge in [0.2, 0.25) is 0 Å². The Balaban J connectivity index is 1.57. The van der Waals surface area contributed by atoms with Crippen LogP contribution in [0, 0.1) is 0 Å². The van der Waals surface area contributed by atoms with Gasteiger partial charge in [-0.3, -0.25) is 4.99 Å². The van der Waals surface area contributed by atoms with Crippen LogP contribution in [0.5, 0.6) is 0 Å². The fourth-order valence-electron chi connectivity index (χ4n) is 3.06. The highest BCUT2D eigenvalue weighted by Gasteiger charge is 2.21. The molecule has 0 radical (unpaired) electrons. The summed E-state index contributed by atoms with van der Waals surface area (Å²) in [4.78, 5) is 8.67. The highest BCUT2D eigenvalue weighted by Crippen LogP contribution is 2.28. The van der Waals surface area contributed by atoms with E-state index in [2.05, 4.69) is 70.6 Å². The van der Waals surface area contributed by atoms with Crippen LogP contribution in [0.1, 0.15) is 36.3 Å². The molecule has 0 saturated carbocycles. The first-order valence-corrected chi connectivity index (χ1v) is 8.07. The van der Waals surface area contributed by atoms with Crippen LogP contribution in [0.3, 0.4) is 0 Å². The average Bonchev–Trinajstić information content (AvgIpc) is 3.11. The van der Waals surface area contributed by atoms with Crippen molar-refractivity contribution in [3.05, 3.63) is 71.8 Å². The predicted molar refractivity (Wildman–Crippen MR) is 94.0 cm³/mol. The summed E-state index contributed by atoms with van der Waals surface area (Å²) in [5.74, 6) is 0.444. The van der Waals surface area contributed by atoms with Crippen molar-refractivity contribution >= 4 is 12.6 Å². The van der Waals surface area contributed by atoms with Gasteiger partial charge in [0, 0.05) is 12.1 Å². The molecule has 0 amide bonds. The number of aliphatic imine (C=N–C) groups is 2. The summed E-state index contributed by atoms with van der Waals surface area (Å²) in [6, 6.07) is 21.7. The van der Waals surface area contributed by atoms with Gasteiger partial charge in [-0.05, 0) is 30.4 Å². The van der Waals surface area contributed by atoms with Crippen molar-refractivity contribution in [3.8, 4) is 0 Å². The van der Waals surface area contributed by atoms with Crippen LogP contribution in [0.15, 0.2) is 70.6 Å². The van der Waals surface area contributed by atoms with Gasteiger partial charge < -0.3 is 0 Å². The first-order valence-electron chi connectivity index (χ1n) is 8.07. The molecule has 2 heteroatoms. The van der Waals surface area contributed by atoms with Crippen LogP contribution in [0.2, 0.25) is 0 Å². The van der Waals surface area contributed by atoms with Gasteiger partial charge in [-0.25, -0.2) is 4.99 Å². The normalized spacial score (nSPS) is 17.7. The molecule has 2 atom stereocenters. The predicted octanol–water partition coefficient (Wildman–Crippen LogP) is 4.66. The van der Waals surface area contributed by atoms with Crippen LogP contribution in [0.25, 0.3) is 0 Å². The van der Waals surface area contributed by atoms with E-state index in [4.69, 9.17) is 0 Å². The van der Waals surface area contributed by atoms with Crippen molar-refractivity contribution in [2.75, 3.05) is 0 Å². The lowest BCUT2D eigenvalue weighted by atomic mass is 9.87. The summed E-state index contributed by atoms with van der Waals surface area (Å²) in [5, 5.41) is 0. The van der Waals surface area contributed by atoms with Crippen LogP contribution >= 0.6 is 0 Å². The Labute approximate surface area is 132 Å². The molecule has 22 heavy (non-hydrogen) atoms. The Bertz CT molecular complexity index is 605. The fraction of sp³-hybridized carbons (Fsp3) is 0.300. The Morgan fingerprint density at radius 1 is 0.864 bits per heavy atom. The van der Waals surface area contributed by atoms with E-state index in [1.54, 1.807) is 6.34 Å². The maximum atomic E-state index is 4.50. The summed E-state index contributed by atoms with van der Waals surface area (Å²) in [6.45, 7) is 0. The molecule has 0 aromatic heterocycles. The number of unbranched alkanes of at least 4 members (excludes halogenated alkanes) is 1. The molecule has 2 nitrogen and oxygen atoms in total. The van der Waals surface area contributed by atoms with Gasteiger partial charge in [-0.2, -0.15) is 0 Å². The molecule has 1 aliphatic heterocycles. The third-order valence-corrected chi connectivity index (χ3v) is 4.26. The lowest BCUT2D eigenvalue weighted by Gasteiger charge is -2.20. The second kappa shape index (κ2) is 7.69. The van der Waals surface area contributed by atoms with Crippen LogP contribution < -0.4 is 0 Å². The van der Waals surface area contributed by atoms with Crippen molar-refractivity contribution in [2.24, 2.45) is 9.98 Å². The third-order valence-electron chi connectivity index (χ3n) is 4.26. The lowest BCUT2D eigenvalue weighted by molar-refractivity contribution is 0.550. The Morgan fingerprint density at radius 2 is 1.59 bits per heavy atom. The number of hydrogen-bond acceptors (Lipinski definition) is 2. The second-order valence-corrected chi connectivity index (χ2v) is 5.80. The van der Waals surface area contributed by atoms with E-state index < -0.39 is 0 Å². The first-order chi connectivity index (χ1) is 10.9. The lowest BCUT2D eigenvalue weighted by Crippen LogP contribution is -2.16. The number of aryl methyl sites for hydroxylation is 1. The highest BCUT2D eigenvalue weighted by atomic mass is 15.0. The molecule has 0 aliphatic carbocycles. The minimum atomic E-state index is 0.208. The molecule has 2 aromatic carbocycles. The van der Waals surface area contributed by atoms with Gasteiger partial charge in [0.25, 0.3) is 0 Å². The highest BCUT2D eigenvalue weighted by molar-refractivity contribution is 5.83. The van der Waals surface area contributed by atoms with E-state index in [1.165, 1.54) is 24.0 Å². The van der Waals surface area contributed by atoms with E-state index in [9.17, 15) is 0 Å². The Hall–Kier alpha value is -2.22. The third kappa shape index (κ3) is 3.91. The zero-order valence-electron chi connectivity index (χ0n) is 12.8. The molecule has 2 unspecified atom stereocenters. The van der Waals surface area contributed by atoms with Crippen molar-refractivity contribution in [1.29, 1.82) is 0 Å². The minimum absolute atomic E-state index is 0.208. The largest absolute Gasteiger partial charge is 0.264 e. The maximum Gasteiger partial charge on any atom is 0.110 e. The Morgan fingerprint density at radius 3 is 2.27 bits per heavy atom. The summed E-state index contributed by atoms with van der Waals surface area (Å²) >= 11 is 0. The number of benzene rings is 2. The minimum Gasteiger partial charge on any atom is -0.264 e. The monoisotopic (exact) mass is 290 g/mol. The number of hydrogen-bond donors (Lipinski definition) is 0. The van der Waals surface area contributed by atoms with E-state index in [0.29, 0.717) is 5.92 Å². The van der Waals surface area contributed by atoms with Crippen molar-refractivity contribution in [3.63, 3.8) is 0 Å². The molecule has 1 aliphatic rings. The molecule has 0 bridgehead atoms. The van der Waals surface area contributed by atoms with Gasteiger partial charge in [0.15, 0.2) is 0 Å². The molecule has 1 heterocycles. The molecular formula is C20H22N2. The van der Waals surface area contributed by atoms with Crippen LogP contribution in [0.4, 0.5) is 0 Å². The molecule has 2 aromatic rings. The van der Waals surface area contributed by atoms with Gasteiger partial charge in [0.05, 0.1) is 6.04 Å². The SMILES string of the molecule is C1=NC=NC1C(CCCCc1ccccc1)c1ccccc1. The zero-order chi connectivity index (χ0) is 15.0. The molecule has 0 spiro atoms. The maximum absolute atomic E-state index is 4.50. The molecule has 3 rings (SSSR count).